The summed E-state index contributed by atoms with van der Waals surface area (Å²) in [6, 6.07) is 2.61. The number of nitrogens with one attached hydrogen (secondary N) is 1. The van der Waals surface area contributed by atoms with Crippen LogP contribution in [0.1, 0.15) is 21.1 Å². The minimum absolute atomic E-state index is 0. The van der Waals surface area contributed by atoms with Gasteiger partial charge in [0.05, 0.1) is 0 Å². The first-order valence-electron chi connectivity index (χ1n) is 3.05. The van der Waals surface area contributed by atoms with Gasteiger partial charge in [-0.05, 0) is 12.1 Å². The molecule has 1 aromatic rings. The largest absolute Gasteiger partial charge is 0.446 e. The lowest BCUT2D eigenvalue weighted by Gasteiger charge is -1.92. The highest BCUT2D eigenvalue weighted by molar-refractivity contribution is 5.94. The number of halogens is 1. The molecule has 0 saturated carbocycles. The van der Waals surface area contributed by atoms with Crippen molar-refractivity contribution in [3.8, 4) is 0 Å². The molecule has 0 atom stereocenters. The average Bonchev–Trinajstić information content (AvgIpc) is 2.51. The van der Waals surface area contributed by atoms with Crippen molar-refractivity contribution in [3.05, 3.63) is 23.7 Å². The number of nitrogen functional groups attached to an aromatic ring is 1. The fraction of sp³-hybridized carbons (Fsp3) is 0. The van der Waals surface area contributed by atoms with Crippen LogP contribution >= 0.6 is 12.4 Å². The highest BCUT2D eigenvalue weighted by Gasteiger charge is 2.11. The van der Waals surface area contributed by atoms with Crippen LogP contribution in [-0.4, -0.2) is 11.8 Å². The topological polar surface area (TPSA) is 111 Å². The number of hydrogen-bond acceptors (Lipinski definition) is 4. The van der Waals surface area contributed by atoms with Gasteiger partial charge >= 0.3 is 5.91 Å². The van der Waals surface area contributed by atoms with Gasteiger partial charge in [0.1, 0.15) is 0 Å². The molecule has 0 aliphatic carbocycles. The Morgan fingerprint density at radius 1 is 1.31 bits per heavy atom. The maximum atomic E-state index is 10.8. The first-order valence-corrected chi connectivity index (χ1v) is 3.05. The van der Waals surface area contributed by atoms with Crippen molar-refractivity contribution in [2.75, 3.05) is 0 Å². The predicted octanol–water partition coefficient (Wildman–Crippen LogP) is -0.596. The number of hydrogen-bond donors (Lipinski definition) is 3. The fourth-order valence-electron chi connectivity index (χ4n) is 0.663. The molecule has 0 bridgehead atoms. The van der Waals surface area contributed by atoms with Gasteiger partial charge in [0, 0.05) is 0 Å². The van der Waals surface area contributed by atoms with E-state index < -0.39 is 11.8 Å². The fourth-order valence-corrected chi connectivity index (χ4v) is 0.663. The van der Waals surface area contributed by atoms with E-state index in [4.69, 9.17) is 16.0 Å². The molecule has 0 aliphatic heterocycles. The molecule has 0 radical (unpaired) electrons. The second-order valence-corrected chi connectivity index (χ2v) is 2.00. The van der Waals surface area contributed by atoms with Gasteiger partial charge in [-0.1, -0.05) is 0 Å². The molecule has 5 N–H and O–H groups in total. The molecule has 13 heavy (non-hydrogen) atoms. The average molecular weight is 206 g/mol. The molecule has 0 aromatic carbocycles. The monoisotopic (exact) mass is 205 g/mol. The standard InChI is InChI=1S/C6H7N3O3.ClH/c7-5(10)3-1-2-4(12-3)6(11)9-8;/h1-2H,8H2,(H2,7,10)(H,9,11);1H. The molecular formula is C6H8ClN3O3. The summed E-state index contributed by atoms with van der Waals surface area (Å²) < 4.78 is 4.73. The Hall–Kier alpha value is -1.53. The second kappa shape index (κ2) is 4.48. The molecule has 1 heterocycles. The van der Waals surface area contributed by atoms with E-state index in [2.05, 4.69) is 0 Å². The Labute approximate surface area is 79.6 Å². The first kappa shape index (κ1) is 11.5. The van der Waals surface area contributed by atoms with Crippen LogP contribution in [0.15, 0.2) is 16.5 Å². The van der Waals surface area contributed by atoms with Crippen molar-refractivity contribution in [2.24, 2.45) is 11.6 Å². The highest BCUT2D eigenvalue weighted by Crippen LogP contribution is 2.05. The van der Waals surface area contributed by atoms with E-state index in [1.165, 1.54) is 12.1 Å². The Morgan fingerprint density at radius 2 is 1.85 bits per heavy atom. The lowest BCUT2D eigenvalue weighted by Crippen LogP contribution is -2.29. The van der Waals surface area contributed by atoms with Gasteiger partial charge in [0.25, 0.3) is 5.91 Å². The molecule has 2 amide bonds. The van der Waals surface area contributed by atoms with Crippen LogP contribution in [0.2, 0.25) is 0 Å². The molecule has 0 aliphatic rings. The van der Waals surface area contributed by atoms with Crippen molar-refractivity contribution in [3.63, 3.8) is 0 Å². The number of carbonyl (C=O) groups is 2. The molecule has 0 saturated heterocycles. The summed E-state index contributed by atoms with van der Waals surface area (Å²) in [5.74, 6) is 3.35. The summed E-state index contributed by atoms with van der Waals surface area (Å²) in [5.41, 5.74) is 6.72. The zero-order chi connectivity index (χ0) is 9.14. The number of amides is 2. The number of furan rings is 1. The Morgan fingerprint density at radius 3 is 2.23 bits per heavy atom. The summed E-state index contributed by atoms with van der Waals surface area (Å²) in [6.45, 7) is 0. The SMILES string of the molecule is Cl.NNC(=O)c1ccc(C(N)=O)o1. The number of hydrazine groups is 1. The van der Waals surface area contributed by atoms with Crippen LogP contribution < -0.4 is 17.0 Å². The third kappa shape index (κ3) is 2.46. The summed E-state index contributed by atoms with van der Waals surface area (Å²) in [6.07, 6.45) is 0. The number of primary amides is 1. The van der Waals surface area contributed by atoms with E-state index in [-0.39, 0.29) is 23.9 Å². The zero-order valence-electron chi connectivity index (χ0n) is 6.44. The van der Waals surface area contributed by atoms with E-state index in [0.29, 0.717) is 0 Å². The maximum Gasteiger partial charge on any atom is 0.300 e. The lowest BCUT2D eigenvalue weighted by atomic mass is 10.4. The first-order chi connectivity index (χ1) is 5.65. The molecule has 1 rings (SSSR count). The lowest BCUT2D eigenvalue weighted by molar-refractivity contribution is 0.0916. The van der Waals surface area contributed by atoms with Gasteiger partial charge < -0.3 is 10.2 Å². The Bertz CT molecular complexity index is 323. The van der Waals surface area contributed by atoms with Crippen molar-refractivity contribution in [1.82, 2.24) is 5.43 Å². The van der Waals surface area contributed by atoms with Crippen LogP contribution in [0.25, 0.3) is 0 Å². The number of rotatable bonds is 2. The summed E-state index contributed by atoms with van der Waals surface area (Å²) >= 11 is 0. The maximum absolute atomic E-state index is 10.8. The van der Waals surface area contributed by atoms with Gasteiger partial charge in [0.2, 0.25) is 0 Å². The molecule has 6 nitrogen and oxygen atoms in total. The van der Waals surface area contributed by atoms with Gasteiger partial charge in [-0.25, -0.2) is 5.84 Å². The van der Waals surface area contributed by atoms with Crippen molar-refractivity contribution < 1.29 is 14.0 Å². The predicted molar refractivity (Wildman–Crippen MR) is 46.1 cm³/mol. The second-order valence-electron chi connectivity index (χ2n) is 2.00. The van der Waals surface area contributed by atoms with Gasteiger partial charge in [-0.3, -0.25) is 15.0 Å². The number of carbonyl (C=O) groups excluding carboxylic acids is 2. The minimum Gasteiger partial charge on any atom is -0.446 e. The van der Waals surface area contributed by atoms with Crippen LogP contribution in [-0.2, 0) is 0 Å². The van der Waals surface area contributed by atoms with Gasteiger partial charge in [-0.2, -0.15) is 0 Å². The van der Waals surface area contributed by atoms with E-state index in [9.17, 15) is 9.59 Å². The van der Waals surface area contributed by atoms with Crippen LogP contribution in [0.5, 0.6) is 0 Å². The normalized spacial score (nSPS) is 8.69. The molecule has 72 valence electrons. The van der Waals surface area contributed by atoms with E-state index >= 15 is 0 Å². The third-order valence-electron chi connectivity index (χ3n) is 1.20. The van der Waals surface area contributed by atoms with Gasteiger partial charge in [0.15, 0.2) is 11.5 Å². The Balaban J connectivity index is 0.00000144. The third-order valence-corrected chi connectivity index (χ3v) is 1.20. The summed E-state index contributed by atoms with van der Waals surface area (Å²) in [4.78, 5) is 21.3. The minimum atomic E-state index is -0.730. The van der Waals surface area contributed by atoms with Crippen molar-refractivity contribution in [1.29, 1.82) is 0 Å². The Kier molecular flexibility index (Phi) is 3.96. The van der Waals surface area contributed by atoms with Crippen LogP contribution in [0, 0.1) is 0 Å². The summed E-state index contributed by atoms with van der Waals surface area (Å²) in [7, 11) is 0. The molecule has 0 fully saturated rings. The van der Waals surface area contributed by atoms with Crippen molar-refractivity contribution >= 4 is 24.2 Å². The molecule has 0 unspecified atom stereocenters. The quantitative estimate of drug-likeness (QED) is 0.340. The van der Waals surface area contributed by atoms with Crippen molar-refractivity contribution in [2.45, 2.75) is 0 Å². The van der Waals surface area contributed by atoms with Gasteiger partial charge in [-0.15, -0.1) is 12.4 Å². The van der Waals surface area contributed by atoms with Crippen LogP contribution in [0.4, 0.5) is 0 Å². The summed E-state index contributed by atoms with van der Waals surface area (Å²) in [5, 5.41) is 0. The smallest absolute Gasteiger partial charge is 0.300 e. The molecule has 7 heteroatoms. The van der Waals surface area contributed by atoms with E-state index in [1.54, 1.807) is 0 Å². The highest BCUT2D eigenvalue weighted by atomic mass is 35.5. The molecule has 0 spiro atoms. The molecule has 1 aromatic heterocycles. The molecular weight excluding hydrogens is 198 g/mol. The number of nitrogens with two attached hydrogens (primary N) is 2. The van der Waals surface area contributed by atoms with E-state index in [0.717, 1.165) is 0 Å². The van der Waals surface area contributed by atoms with E-state index in [1.807, 2.05) is 5.43 Å². The zero-order valence-corrected chi connectivity index (χ0v) is 7.26. The van der Waals surface area contributed by atoms with Crippen LogP contribution in [0.3, 0.4) is 0 Å².